The van der Waals surface area contributed by atoms with Gasteiger partial charge in [-0.25, -0.2) is 9.98 Å². The number of aliphatic imine (C=N–C) groups is 2. The van der Waals surface area contributed by atoms with Gasteiger partial charge in [0, 0.05) is 17.7 Å². The third kappa shape index (κ3) is 6.05. The van der Waals surface area contributed by atoms with Gasteiger partial charge in [0.15, 0.2) is 5.84 Å². The van der Waals surface area contributed by atoms with Gasteiger partial charge < -0.3 is 9.84 Å². The fourth-order valence-corrected chi connectivity index (χ4v) is 3.38. The Morgan fingerprint density at radius 3 is 2.38 bits per heavy atom. The number of aliphatic hydroxyl groups is 1. The monoisotopic (exact) mass is 445 g/mol. The van der Waals surface area contributed by atoms with E-state index in [9.17, 15) is 18.3 Å². The molecule has 1 heterocycles. The molecule has 3 rings (SSSR count). The van der Waals surface area contributed by atoms with E-state index in [1.54, 1.807) is 31.2 Å². The number of hydrogen-bond acceptors (Lipinski definition) is 4. The van der Waals surface area contributed by atoms with Crippen molar-refractivity contribution in [2.24, 2.45) is 9.98 Å². The van der Waals surface area contributed by atoms with E-state index in [4.69, 9.17) is 4.74 Å². The molecule has 0 aromatic heterocycles. The number of nitrogens with zero attached hydrogens (tertiary/aromatic N) is 3. The molecule has 0 radical (unpaired) electrons. The van der Waals surface area contributed by atoms with Gasteiger partial charge in [0.1, 0.15) is 11.5 Å². The lowest BCUT2D eigenvalue weighted by atomic mass is 10.1. The van der Waals surface area contributed by atoms with Crippen LogP contribution in [0.4, 0.5) is 13.2 Å². The molecule has 0 amide bonds. The second-order valence-corrected chi connectivity index (χ2v) is 7.69. The number of hydrogen-bond donors (Lipinski definition) is 1. The molecular weight excluding hydrogens is 419 g/mol. The number of benzene rings is 2. The van der Waals surface area contributed by atoms with Crippen LogP contribution in [0.5, 0.6) is 11.5 Å². The summed E-state index contributed by atoms with van der Waals surface area (Å²) in [6.07, 6.45) is -3.15. The third-order valence-corrected chi connectivity index (χ3v) is 5.20. The fourth-order valence-electron chi connectivity index (χ4n) is 3.38. The summed E-state index contributed by atoms with van der Waals surface area (Å²) in [5.41, 5.74) is 0.697. The summed E-state index contributed by atoms with van der Waals surface area (Å²) in [4.78, 5) is 10.2. The Labute approximate surface area is 185 Å². The minimum atomic E-state index is -4.41. The van der Waals surface area contributed by atoms with Crippen LogP contribution in [0.1, 0.15) is 36.5 Å². The predicted octanol–water partition coefficient (Wildman–Crippen LogP) is 5.44. The Balaban J connectivity index is 1.84. The highest BCUT2D eigenvalue weighted by Gasteiger charge is 2.31. The topological polar surface area (TPSA) is 57.4 Å². The second-order valence-electron chi connectivity index (χ2n) is 7.69. The van der Waals surface area contributed by atoms with Crippen LogP contribution < -0.4 is 4.74 Å². The highest BCUT2D eigenvalue weighted by molar-refractivity contribution is 6.02. The van der Waals surface area contributed by atoms with Crippen molar-refractivity contribution in [1.82, 2.24) is 4.90 Å². The summed E-state index contributed by atoms with van der Waals surface area (Å²) in [6, 6.07) is 10.3. The quantitative estimate of drug-likeness (QED) is 0.456. The van der Waals surface area contributed by atoms with Crippen LogP contribution in [0.15, 0.2) is 64.7 Å². The standard InChI is InChI=1S/C24H26F3N3O2/c1-16(17(2)31)29-23(28-3)18-6-9-21(10-7-18)32-22-11-8-20(24(25,26)27)14-19(22)15-30-12-4-5-13-30/h6-11,14,17,31H,1,3-5,12-13,15H2,2H3/t17-/m0/s1. The van der Waals surface area contributed by atoms with Crippen LogP contribution in [0.25, 0.3) is 0 Å². The van der Waals surface area contributed by atoms with Crippen molar-refractivity contribution < 1.29 is 23.0 Å². The molecule has 1 aliphatic rings. The summed E-state index contributed by atoms with van der Waals surface area (Å²) >= 11 is 0. The number of amidine groups is 1. The molecule has 0 aliphatic carbocycles. The number of rotatable bonds is 7. The maximum absolute atomic E-state index is 13.2. The van der Waals surface area contributed by atoms with Gasteiger partial charge in [-0.2, -0.15) is 13.2 Å². The van der Waals surface area contributed by atoms with Crippen LogP contribution in [0, 0.1) is 0 Å². The number of ether oxygens (including phenoxy) is 1. The van der Waals surface area contributed by atoms with Crippen LogP contribution in [-0.2, 0) is 12.7 Å². The zero-order chi connectivity index (χ0) is 23.3. The minimum Gasteiger partial charge on any atom is -0.457 e. The molecule has 1 saturated heterocycles. The zero-order valence-electron chi connectivity index (χ0n) is 17.9. The molecule has 2 aromatic carbocycles. The molecule has 1 N–H and O–H groups in total. The van der Waals surface area contributed by atoms with Crippen LogP contribution in [0.2, 0.25) is 0 Å². The Morgan fingerprint density at radius 2 is 1.81 bits per heavy atom. The van der Waals surface area contributed by atoms with Gasteiger partial charge in [-0.1, -0.05) is 6.58 Å². The molecule has 0 saturated carbocycles. The number of aliphatic hydroxyl groups excluding tert-OH is 1. The third-order valence-electron chi connectivity index (χ3n) is 5.20. The summed E-state index contributed by atoms with van der Waals surface area (Å²) in [5, 5.41) is 9.56. The summed E-state index contributed by atoms with van der Waals surface area (Å²) < 4.78 is 45.6. The SMILES string of the molecule is C=NC(=NC(=C)[C@H](C)O)c1ccc(Oc2ccc(C(F)(F)F)cc2CN2CCCC2)cc1. The average molecular weight is 445 g/mol. The minimum absolute atomic E-state index is 0.254. The summed E-state index contributed by atoms with van der Waals surface area (Å²) in [7, 11) is 0. The van der Waals surface area contributed by atoms with Gasteiger partial charge in [-0.15, -0.1) is 0 Å². The number of halogens is 3. The average Bonchev–Trinajstić information content (AvgIpc) is 3.26. The lowest BCUT2D eigenvalue weighted by molar-refractivity contribution is -0.137. The van der Waals surface area contributed by atoms with Crippen molar-refractivity contribution in [2.75, 3.05) is 13.1 Å². The molecule has 0 bridgehead atoms. The highest BCUT2D eigenvalue weighted by Crippen LogP contribution is 2.35. The lowest BCUT2D eigenvalue weighted by Gasteiger charge is -2.19. The van der Waals surface area contributed by atoms with Crippen molar-refractivity contribution in [3.8, 4) is 11.5 Å². The molecular formula is C24H26F3N3O2. The van der Waals surface area contributed by atoms with E-state index in [1.807, 2.05) is 0 Å². The van der Waals surface area contributed by atoms with Crippen molar-refractivity contribution in [2.45, 2.75) is 38.6 Å². The van der Waals surface area contributed by atoms with Gasteiger partial charge >= 0.3 is 6.18 Å². The first-order valence-electron chi connectivity index (χ1n) is 10.3. The summed E-state index contributed by atoms with van der Waals surface area (Å²) in [5.74, 6) is 1.15. The van der Waals surface area contributed by atoms with E-state index in [0.717, 1.165) is 38.1 Å². The van der Waals surface area contributed by atoms with Crippen molar-refractivity contribution in [3.05, 3.63) is 71.4 Å². The van der Waals surface area contributed by atoms with Gasteiger partial charge in [-0.3, -0.25) is 4.90 Å². The largest absolute Gasteiger partial charge is 0.457 e. The zero-order valence-corrected chi connectivity index (χ0v) is 17.9. The Bertz CT molecular complexity index is 993. The highest BCUT2D eigenvalue weighted by atomic mass is 19.4. The molecule has 32 heavy (non-hydrogen) atoms. The Morgan fingerprint density at radius 1 is 1.16 bits per heavy atom. The smallest absolute Gasteiger partial charge is 0.416 e. The van der Waals surface area contributed by atoms with Crippen molar-refractivity contribution in [3.63, 3.8) is 0 Å². The predicted molar refractivity (Wildman–Crippen MR) is 119 cm³/mol. The molecule has 1 fully saturated rings. The fraction of sp³-hybridized carbons (Fsp3) is 0.333. The Hall–Kier alpha value is -2.97. The van der Waals surface area contributed by atoms with Gasteiger partial charge in [-0.05, 0) is 82.0 Å². The summed E-state index contributed by atoms with van der Waals surface area (Å²) in [6.45, 7) is 10.8. The molecule has 0 unspecified atom stereocenters. The van der Waals surface area contributed by atoms with Crippen molar-refractivity contribution in [1.29, 1.82) is 0 Å². The van der Waals surface area contributed by atoms with Crippen LogP contribution in [-0.4, -0.2) is 41.8 Å². The van der Waals surface area contributed by atoms with Gasteiger partial charge in [0.05, 0.1) is 17.4 Å². The molecule has 5 nitrogen and oxygen atoms in total. The molecule has 0 spiro atoms. The van der Waals surface area contributed by atoms with E-state index in [0.29, 0.717) is 35.0 Å². The molecule has 2 aromatic rings. The Kier molecular flexibility index (Phi) is 7.48. The molecule has 170 valence electrons. The van der Waals surface area contributed by atoms with Gasteiger partial charge in [0.25, 0.3) is 0 Å². The van der Waals surface area contributed by atoms with E-state index in [1.165, 1.54) is 6.07 Å². The van der Waals surface area contributed by atoms with Gasteiger partial charge in [0.2, 0.25) is 0 Å². The van der Waals surface area contributed by atoms with Crippen LogP contribution in [0.3, 0.4) is 0 Å². The lowest BCUT2D eigenvalue weighted by Crippen LogP contribution is -2.19. The normalized spacial score (nSPS) is 16.1. The van der Waals surface area contributed by atoms with Crippen molar-refractivity contribution >= 4 is 12.6 Å². The van der Waals surface area contributed by atoms with E-state index in [-0.39, 0.29) is 5.70 Å². The number of alkyl halides is 3. The molecule has 1 atom stereocenters. The first kappa shape index (κ1) is 23.7. The first-order valence-corrected chi connectivity index (χ1v) is 10.3. The second kappa shape index (κ2) is 10.1. The maximum Gasteiger partial charge on any atom is 0.416 e. The molecule has 1 aliphatic heterocycles. The maximum atomic E-state index is 13.2. The van der Waals surface area contributed by atoms with E-state index < -0.39 is 17.8 Å². The first-order chi connectivity index (χ1) is 15.2. The van der Waals surface area contributed by atoms with E-state index in [2.05, 4.69) is 28.2 Å². The van der Waals surface area contributed by atoms with E-state index >= 15 is 0 Å². The number of likely N-dealkylation sites (tertiary alicyclic amines) is 1. The molecule has 8 heteroatoms. The van der Waals surface area contributed by atoms with Crippen LogP contribution >= 0.6 is 0 Å².